The highest BCUT2D eigenvalue weighted by Crippen LogP contribution is 2.50. The minimum Gasteiger partial charge on any atom is -0.481 e. The van der Waals surface area contributed by atoms with Crippen molar-refractivity contribution in [3.8, 4) is 0 Å². The molecule has 0 aromatic heterocycles. The molecule has 4 saturated carbocycles. The lowest BCUT2D eigenvalue weighted by atomic mass is 9.77. The summed E-state index contributed by atoms with van der Waals surface area (Å²) < 4.78 is 25.3. The monoisotopic (exact) mass is 684 g/mol. The second-order valence-corrected chi connectivity index (χ2v) is 15.2. The molecule has 4 aliphatic carbocycles. The third kappa shape index (κ3) is 10.4. The van der Waals surface area contributed by atoms with E-state index in [0.29, 0.717) is 18.8 Å². The quantitative estimate of drug-likeness (QED) is 0.157. The molecule has 3 saturated heterocycles. The van der Waals surface area contributed by atoms with Gasteiger partial charge in [0.1, 0.15) is 5.60 Å². The number of aliphatic hydroxyl groups is 3. The van der Waals surface area contributed by atoms with E-state index in [1.807, 2.05) is 20.8 Å². The Balaban J connectivity index is 0.000000159. The zero-order valence-corrected chi connectivity index (χ0v) is 28.7. The van der Waals surface area contributed by atoms with Crippen LogP contribution < -0.4 is 0 Å². The highest BCUT2D eigenvalue weighted by atomic mass is 16.8. The van der Waals surface area contributed by atoms with Crippen molar-refractivity contribution in [1.29, 1.82) is 0 Å². The second kappa shape index (κ2) is 17.2. The van der Waals surface area contributed by atoms with Gasteiger partial charge in [0.2, 0.25) is 0 Å². The number of rotatable bonds is 9. The van der Waals surface area contributed by atoms with Crippen LogP contribution in [0.15, 0.2) is 0 Å². The van der Waals surface area contributed by atoms with E-state index in [0.717, 1.165) is 12.3 Å². The number of hydrogen-bond donors (Lipinski definition) is 4. The maximum Gasteiger partial charge on any atom is 0.314 e. The zero-order valence-electron chi connectivity index (χ0n) is 28.7. The number of hydrogen-bond acceptors (Lipinski definition) is 12. The molecule has 0 aromatic rings. The van der Waals surface area contributed by atoms with Crippen molar-refractivity contribution >= 4 is 23.9 Å². The number of carboxylic acids is 1. The molecule has 4 N–H and O–H groups in total. The van der Waals surface area contributed by atoms with Crippen molar-refractivity contribution in [3.05, 3.63) is 0 Å². The molecule has 7 aliphatic rings. The number of fused-ring (bicyclic) bond motifs is 6. The number of carbonyl (C=O) groups is 4. The molecule has 48 heavy (non-hydrogen) atoms. The van der Waals surface area contributed by atoms with E-state index in [2.05, 4.69) is 4.74 Å². The number of carbonyl (C=O) groups excluding carboxylic acids is 3. The maximum atomic E-state index is 11.8. The molecule has 0 radical (unpaired) electrons. The Morgan fingerprint density at radius 1 is 0.771 bits per heavy atom. The first-order valence-corrected chi connectivity index (χ1v) is 17.8. The van der Waals surface area contributed by atoms with Crippen LogP contribution in [-0.4, -0.2) is 94.5 Å². The van der Waals surface area contributed by atoms with Crippen LogP contribution in [-0.2, 0) is 42.9 Å². The smallest absolute Gasteiger partial charge is 0.314 e. The molecule has 7 atom stereocenters. The van der Waals surface area contributed by atoms with Gasteiger partial charge >= 0.3 is 23.9 Å². The number of ether oxygens (including phenoxy) is 5. The van der Waals surface area contributed by atoms with Gasteiger partial charge in [0, 0.05) is 0 Å². The Morgan fingerprint density at radius 3 is 1.69 bits per heavy atom. The van der Waals surface area contributed by atoms with Crippen LogP contribution in [0.1, 0.15) is 104 Å². The number of aliphatic hydroxyl groups excluding tert-OH is 2. The molecule has 13 nitrogen and oxygen atoms in total. The van der Waals surface area contributed by atoms with Gasteiger partial charge in [-0.25, -0.2) is 0 Å². The first-order chi connectivity index (χ1) is 22.7. The molecular formula is C35H56O13. The van der Waals surface area contributed by atoms with Crippen molar-refractivity contribution < 1.29 is 63.3 Å². The summed E-state index contributed by atoms with van der Waals surface area (Å²) >= 11 is 0. The van der Waals surface area contributed by atoms with Gasteiger partial charge in [-0.2, -0.15) is 0 Å². The van der Waals surface area contributed by atoms with Gasteiger partial charge in [0.15, 0.2) is 0 Å². The van der Waals surface area contributed by atoms with Crippen molar-refractivity contribution in [2.24, 2.45) is 41.4 Å². The fourth-order valence-electron chi connectivity index (χ4n) is 8.59. The minimum absolute atomic E-state index is 0.0460. The zero-order chi connectivity index (χ0) is 35.1. The standard InChI is InChI=1S/C12H20O8.C12H20O2.C7H12.C4H4O3/c13-3-5-18-12(17,19-6-4-14)10-8-2-1-7(20-8)9(10)11(15)16;1-12(2,3)14-11(13)10-7-8-4-5-9(10)6-8;1-2-7-4-3-6(1)5-7;5-3-1-2-4(6)7-3/h7-10,13-14,17H,1-6H2,(H,15,16);8-10H,4-7H2,1-3H3;6-7H,1-5H2;1-2H2. The summed E-state index contributed by atoms with van der Waals surface area (Å²) in [5.41, 5.74) is -0.321. The molecule has 3 aliphatic heterocycles. The average molecular weight is 685 g/mol. The Kier molecular flexibility index (Phi) is 13.8. The van der Waals surface area contributed by atoms with Crippen molar-refractivity contribution in [3.63, 3.8) is 0 Å². The summed E-state index contributed by atoms with van der Waals surface area (Å²) in [6.45, 7) is 4.73. The molecule has 0 spiro atoms. The van der Waals surface area contributed by atoms with Crippen LogP contribution in [0.5, 0.6) is 0 Å². The Labute approximate surface area is 283 Å². The average Bonchev–Trinajstić information content (AvgIpc) is 3.90. The maximum absolute atomic E-state index is 11.8. The van der Waals surface area contributed by atoms with E-state index in [1.54, 1.807) is 32.1 Å². The summed E-state index contributed by atoms with van der Waals surface area (Å²) in [6, 6.07) is 0. The summed E-state index contributed by atoms with van der Waals surface area (Å²) in [5, 5.41) is 37.5. The third-order valence-corrected chi connectivity index (χ3v) is 10.6. The lowest BCUT2D eigenvalue weighted by Gasteiger charge is -2.38. The first-order valence-electron chi connectivity index (χ1n) is 17.8. The molecule has 13 heteroatoms. The summed E-state index contributed by atoms with van der Waals surface area (Å²) in [5.74, 6) is -1.84. The predicted octanol–water partition coefficient (Wildman–Crippen LogP) is 3.34. The molecule has 7 fully saturated rings. The highest BCUT2D eigenvalue weighted by Gasteiger charge is 2.62. The fourth-order valence-corrected chi connectivity index (χ4v) is 8.59. The van der Waals surface area contributed by atoms with Gasteiger partial charge in [-0.1, -0.05) is 32.1 Å². The van der Waals surface area contributed by atoms with Gasteiger partial charge < -0.3 is 44.1 Å². The van der Waals surface area contributed by atoms with Gasteiger partial charge in [0.25, 0.3) is 5.97 Å². The molecule has 7 unspecified atom stereocenters. The molecule has 274 valence electrons. The molecule has 0 aromatic carbocycles. The van der Waals surface area contributed by atoms with Gasteiger partial charge in [-0.15, -0.1) is 0 Å². The molecular weight excluding hydrogens is 628 g/mol. The predicted molar refractivity (Wildman–Crippen MR) is 169 cm³/mol. The van der Waals surface area contributed by atoms with Crippen LogP contribution in [0, 0.1) is 41.4 Å². The van der Waals surface area contributed by atoms with Crippen molar-refractivity contribution in [2.45, 2.75) is 128 Å². The molecule has 7 rings (SSSR count). The number of esters is 3. The topological polar surface area (TPSA) is 195 Å². The van der Waals surface area contributed by atoms with E-state index in [-0.39, 0.29) is 56.8 Å². The second-order valence-electron chi connectivity index (χ2n) is 15.2. The lowest BCUT2D eigenvalue weighted by Crippen LogP contribution is -2.53. The minimum atomic E-state index is -2.19. The summed E-state index contributed by atoms with van der Waals surface area (Å²) in [7, 11) is 0. The normalized spacial score (nSPS) is 34.1. The lowest BCUT2D eigenvalue weighted by molar-refractivity contribution is -0.396. The van der Waals surface area contributed by atoms with Crippen LogP contribution in [0.3, 0.4) is 0 Å². The van der Waals surface area contributed by atoms with E-state index in [4.69, 9.17) is 29.2 Å². The fraction of sp³-hybridized carbons (Fsp3) is 0.886. The van der Waals surface area contributed by atoms with Crippen LogP contribution in [0.2, 0.25) is 0 Å². The van der Waals surface area contributed by atoms with E-state index >= 15 is 0 Å². The number of aliphatic carboxylic acids is 1. The number of cyclic esters (lactones) is 2. The first kappa shape index (κ1) is 38.6. The SMILES string of the molecule is C1CC2CCC1C2.CC(C)(C)OC(=O)C1CC2CCC1C2.O=C(O)C1C2CCC(O2)C1C(O)(OCCO)OCCO.O=C1CCC(=O)O1. The van der Waals surface area contributed by atoms with Crippen LogP contribution in [0.4, 0.5) is 0 Å². The van der Waals surface area contributed by atoms with Crippen LogP contribution in [0.25, 0.3) is 0 Å². The van der Waals surface area contributed by atoms with E-state index in [9.17, 15) is 29.4 Å². The third-order valence-electron chi connectivity index (χ3n) is 10.6. The summed E-state index contributed by atoms with van der Waals surface area (Å²) in [6.07, 6.45) is 13.6. The van der Waals surface area contributed by atoms with Gasteiger partial charge in [-0.05, 0) is 83.0 Å². The van der Waals surface area contributed by atoms with Gasteiger partial charge in [0.05, 0.1) is 69.2 Å². The van der Waals surface area contributed by atoms with Crippen molar-refractivity contribution in [1.82, 2.24) is 0 Å². The van der Waals surface area contributed by atoms with Crippen LogP contribution >= 0.6 is 0 Å². The molecule has 3 heterocycles. The Morgan fingerprint density at radius 2 is 1.31 bits per heavy atom. The van der Waals surface area contributed by atoms with Gasteiger partial charge in [-0.3, -0.25) is 19.2 Å². The Hall–Kier alpha value is -2.16. The highest BCUT2D eigenvalue weighted by molar-refractivity contribution is 5.92. The molecule has 6 bridgehead atoms. The summed E-state index contributed by atoms with van der Waals surface area (Å²) in [4.78, 5) is 43.2. The number of carboxylic acid groups (broad SMARTS) is 1. The molecule has 0 amide bonds. The van der Waals surface area contributed by atoms with E-state index in [1.165, 1.54) is 31.1 Å². The largest absolute Gasteiger partial charge is 0.481 e. The van der Waals surface area contributed by atoms with E-state index < -0.39 is 47.9 Å². The Bertz CT molecular complexity index is 1060. The van der Waals surface area contributed by atoms with Crippen molar-refractivity contribution in [2.75, 3.05) is 26.4 Å².